The van der Waals surface area contributed by atoms with Gasteiger partial charge in [0.15, 0.2) is 0 Å². The van der Waals surface area contributed by atoms with E-state index in [4.69, 9.17) is 0 Å². The molecule has 24 heavy (non-hydrogen) atoms. The Bertz CT molecular complexity index is 690. The first-order chi connectivity index (χ1) is 11.4. The number of pyridine rings is 1. The van der Waals surface area contributed by atoms with Crippen LogP contribution >= 0.6 is 0 Å². The molecule has 0 radical (unpaired) electrons. The van der Waals surface area contributed by atoms with Crippen LogP contribution in [0.4, 0.5) is 0 Å². The van der Waals surface area contributed by atoms with E-state index < -0.39 is 6.04 Å². The Morgan fingerprint density at radius 1 is 1.25 bits per heavy atom. The molecule has 1 aromatic heterocycles. The molecule has 7 heteroatoms. The first-order valence-corrected chi connectivity index (χ1v) is 8.13. The Balaban J connectivity index is 1.77. The van der Waals surface area contributed by atoms with E-state index in [1.807, 2.05) is 13.0 Å². The number of rotatable bonds is 2. The van der Waals surface area contributed by atoms with Crippen molar-refractivity contribution in [2.24, 2.45) is 5.92 Å². The van der Waals surface area contributed by atoms with Crippen molar-refractivity contribution in [3.63, 3.8) is 0 Å². The summed E-state index contributed by atoms with van der Waals surface area (Å²) in [5.41, 5.74) is 1.50. The van der Waals surface area contributed by atoms with Gasteiger partial charge in [-0.05, 0) is 25.0 Å². The molecule has 7 nitrogen and oxygen atoms in total. The number of amides is 3. The second-order valence-corrected chi connectivity index (χ2v) is 6.58. The average molecular weight is 330 g/mol. The number of hydrogen-bond donors (Lipinski definition) is 1. The van der Waals surface area contributed by atoms with Gasteiger partial charge in [-0.1, -0.05) is 0 Å². The summed E-state index contributed by atoms with van der Waals surface area (Å²) in [5.74, 6) is -0.193. The van der Waals surface area contributed by atoms with Crippen LogP contribution in [0.15, 0.2) is 18.5 Å². The van der Waals surface area contributed by atoms with Gasteiger partial charge in [-0.3, -0.25) is 19.4 Å². The number of likely N-dealkylation sites (tertiary alicyclic amines) is 2. The topological polar surface area (TPSA) is 82.6 Å². The van der Waals surface area contributed by atoms with Gasteiger partial charge >= 0.3 is 0 Å². The number of nitrogens with one attached hydrogen (secondary N) is 1. The zero-order valence-electron chi connectivity index (χ0n) is 14.2. The van der Waals surface area contributed by atoms with E-state index in [1.54, 1.807) is 29.2 Å². The Kier molecular flexibility index (Phi) is 4.26. The molecule has 3 amide bonds. The molecule has 3 rings (SSSR count). The Morgan fingerprint density at radius 3 is 2.62 bits per heavy atom. The molecule has 2 fully saturated rings. The van der Waals surface area contributed by atoms with Crippen LogP contribution in [0.5, 0.6) is 0 Å². The lowest BCUT2D eigenvalue weighted by Gasteiger charge is -2.28. The van der Waals surface area contributed by atoms with Gasteiger partial charge in [0.2, 0.25) is 11.8 Å². The summed E-state index contributed by atoms with van der Waals surface area (Å²) >= 11 is 0. The summed E-state index contributed by atoms with van der Waals surface area (Å²) < 4.78 is 0. The number of fused-ring (bicyclic) bond motifs is 1. The van der Waals surface area contributed by atoms with Crippen molar-refractivity contribution in [3.8, 4) is 0 Å². The van der Waals surface area contributed by atoms with E-state index in [2.05, 4.69) is 10.3 Å². The normalized spacial score (nSPS) is 25.5. The SMILES string of the molecule is CNC(=O)[C@H]1C[C@@H]2CN(C(=O)c3cncc(C)c3)C[C@@H]2N1C(C)=O. The summed E-state index contributed by atoms with van der Waals surface area (Å²) in [5, 5.41) is 2.63. The van der Waals surface area contributed by atoms with E-state index in [0.717, 1.165) is 5.56 Å². The molecule has 128 valence electrons. The van der Waals surface area contributed by atoms with Crippen molar-refractivity contribution in [3.05, 3.63) is 29.6 Å². The zero-order chi connectivity index (χ0) is 17.4. The molecule has 1 N–H and O–H groups in total. The molecule has 0 bridgehead atoms. The van der Waals surface area contributed by atoms with Crippen LogP contribution in [0.3, 0.4) is 0 Å². The third-order valence-corrected chi connectivity index (χ3v) is 4.95. The van der Waals surface area contributed by atoms with E-state index in [-0.39, 0.29) is 29.7 Å². The molecular weight excluding hydrogens is 308 g/mol. The molecule has 0 saturated carbocycles. The molecule has 2 aliphatic heterocycles. The van der Waals surface area contributed by atoms with E-state index in [1.165, 1.54) is 6.92 Å². The number of carbonyl (C=O) groups excluding carboxylic acids is 3. The standard InChI is InChI=1S/C17H22N4O3/c1-10-4-12(7-19-6-10)17(24)20-8-13-5-14(16(23)18-3)21(11(2)22)15(13)9-20/h4,6-7,13-15H,5,8-9H2,1-3H3,(H,18,23)/t13-,14-,15+/m1/s1. The van der Waals surface area contributed by atoms with E-state index in [9.17, 15) is 14.4 Å². The number of hydrogen-bond acceptors (Lipinski definition) is 4. The van der Waals surface area contributed by atoms with Crippen LogP contribution in [0, 0.1) is 12.8 Å². The maximum Gasteiger partial charge on any atom is 0.255 e. The Morgan fingerprint density at radius 2 is 2.00 bits per heavy atom. The minimum absolute atomic E-state index is 0.0689. The minimum atomic E-state index is -0.430. The van der Waals surface area contributed by atoms with Crippen LogP contribution in [-0.2, 0) is 9.59 Å². The van der Waals surface area contributed by atoms with Gasteiger partial charge in [-0.2, -0.15) is 0 Å². The highest BCUT2D eigenvalue weighted by Gasteiger charge is 2.50. The number of aryl methyl sites for hydroxylation is 1. The van der Waals surface area contributed by atoms with Crippen LogP contribution in [0.25, 0.3) is 0 Å². The van der Waals surface area contributed by atoms with Crippen molar-refractivity contribution >= 4 is 17.7 Å². The summed E-state index contributed by atoms with van der Waals surface area (Å²) in [6.45, 7) is 4.40. The Hall–Kier alpha value is -2.44. The summed E-state index contributed by atoms with van der Waals surface area (Å²) in [4.78, 5) is 44.2. The maximum atomic E-state index is 12.7. The first kappa shape index (κ1) is 16.4. The molecule has 2 saturated heterocycles. The van der Waals surface area contributed by atoms with Gasteiger partial charge in [0, 0.05) is 45.4 Å². The van der Waals surface area contributed by atoms with Gasteiger partial charge in [0.1, 0.15) is 6.04 Å². The van der Waals surface area contributed by atoms with Gasteiger partial charge in [0.05, 0.1) is 11.6 Å². The van der Waals surface area contributed by atoms with Crippen LogP contribution < -0.4 is 5.32 Å². The zero-order valence-corrected chi connectivity index (χ0v) is 14.2. The van der Waals surface area contributed by atoms with Crippen LogP contribution in [-0.4, -0.2) is 64.7 Å². The molecule has 0 aromatic carbocycles. The highest BCUT2D eigenvalue weighted by Crippen LogP contribution is 2.36. The molecule has 0 unspecified atom stereocenters. The molecule has 0 spiro atoms. The van der Waals surface area contributed by atoms with Crippen molar-refractivity contribution < 1.29 is 14.4 Å². The van der Waals surface area contributed by atoms with Crippen LogP contribution in [0.1, 0.15) is 29.3 Å². The van der Waals surface area contributed by atoms with Gasteiger partial charge in [-0.15, -0.1) is 0 Å². The first-order valence-electron chi connectivity index (χ1n) is 8.13. The fourth-order valence-electron chi connectivity index (χ4n) is 3.91. The molecule has 3 heterocycles. The molecule has 0 aliphatic carbocycles. The number of aromatic nitrogens is 1. The fraction of sp³-hybridized carbons (Fsp3) is 0.529. The quantitative estimate of drug-likeness (QED) is 0.840. The predicted molar refractivity (Wildman–Crippen MR) is 87.1 cm³/mol. The highest BCUT2D eigenvalue weighted by atomic mass is 16.2. The van der Waals surface area contributed by atoms with Crippen LogP contribution in [0.2, 0.25) is 0 Å². The lowest BCUT2D eigenvalue weighted by molar-refractivity contribution is -0.138. The maximum absolute atomic E-state index is 12.7. The van der Waals surface area contributed by atoms with Gasteiger partial charge in [-0.25, -0.2) is 0 Å². The highest BCUT2D eigenvalue weighted by molar-refractivity contribution is 5.94. The van der Waals surface area contributed by atoms with Crippen molar-refractivity contribution in [2.45, 2.75) is 32.4 Å². The Labute approximate surface area is 141 Å². The van der Waals surface area contributed by atoms with Crippen molar-refractivity contribution in [2.75, 3.05) is 20.1 Å². The predicted octanol–water partition coefficient (Wildman–Crippen LogP) is 0.197. The number of carbonyl (C=O) groups is 3. The second kappa shape index (κ2) is 6.22. The van der Waals surface area contributed by atoms with E-state index >= 15 is 0 Å². The largest absolute Gasteiger partial charge is 0.357 e. The van der Waals surface area contributed by atoms with E-state index in [0.29, 0.717) is 25.1 Å². The molecule has 3 atom stereocenters. The average Bonchev–Trinajstić information content (AvgIpc) is 3.10. The summed E-state index contributed by atoms with van der Waals surface area (Å²) in [7, 11) is 1.58. The molecule has 1 aromatic rings. The third kappa shape index (κ3) is 2.74. The fourth-order valence-corrected chi connectivity index (χ4v) is 3.91. The minimum Gasteiger partial charge on any atom is -0.357 e. The summed E-state index contributed by atoms with van der Waals surface area (Å²) in [6, 6.07) is 1.30. The van der Waals surface area contributed by atoms with Gasteiger partial charge < -0.3 is 15.1 Å². The summed E-state index contributed by atoms with van der Waals surface area (Å²) in [6.07, 6.45) is 3.88. The van der Waals surface area contributed by atoms with Gasteiger partial charge in [0.25, 0.3) is 5.91 Å². The monoisotopic (exact) mass is 330 g/mol. The molecular formula is C17H22N4O3. The lowest BCUT2D eigenvalue weighted by atomic mass is 10.0. The molecule has 2 aliphatic rings. The number of likely N-dealkylation sites (N-methyl/N-ethyl adjacent to an activating group) is 1. The third-order valence-electron chi connectivity index (χ3n) is 4.95. The van der Waals surface area contributed by atoms with Crippen molar-refractivity contribution in [1.82, 2.24) is 20.1 Å². The lowest BCUT2D eigenvalue weighted by Crippen LogP contribution is -2.49. The van der Waals surface area contributed by atoms with Crippen molar-refractivity contribution in [1.29, 1.82) is 0 Å². The number of nitrogens with zero attached hydrogens (tertiary/aromatic N) is 3. The second-order valence-electron chi connectivity index (χ2n) is 6.58. The smallest absolute Gasteiger partial charge is 0.255 e.